The van der Waals surface area contributed by atoms with Crippen molar-refractivity contribution in [2.75, 3.05) is 32.8 Å². The molecule has 3 saturated heterocycles. The summed E-state index contributed by atoms with van der Waals surface area (Å²) >= 11 is 0. The van der Waals surface area contributed by atoms with Crippen LogP contribution in [0.3, 0.4) is 0 Å². The molecule has 0 saturated carbocycles. The van der Waals surface area contributed by atoms with Crippen molar-refractivity contribution in [2.24, 2.45) is 57.1 Å². The third-order valence-electron chi connectivity index (χ3n) is 20.0. The van der Waals surface area contributed by atoms with Crippen molar-refractivity contribution in [3.05, 3.63) is 29.8 Å². The number of amides is 16. The van der Waals surface area contributed by atoms with E-state index in [0.29, 0.717) is 12.0 Å². The number of phenols is 1. The van der Waals surface area contributed by atoms with Crippen molar-refractivity contribution in [1.82, 2.24) is 67.9 Å². The van der Waals surface area contributed by atoms with Gasteiger partial charge in [-0.05, 0) is 132 Å². The van der Waals surface area contributed by atoms with Gasteiger partial charge in [0.15, 0.2) is 5.96 Å². The Labute approximate surface area is 686 Å². The van der Waals surface area contributed by atoms with Gasteiger partial charge in [-0.25, -0.2) is 4.79 Å². The van der Waals surface area contributed by atoms with Crippen molar-refractivity contribution >= 4 is 118 Å². The Morgan fingerprint density at radius 2 is 0.782 bits per heavy atom. The van der Waals surface area contributed by atoms with Crippen LogP contribution in [0.4, 0.5) is 0 Å². The highest BCUT2D eigenvalue weighted by atomic mass is 16.4. The number of hydrogen-bond donors (Lipinski definition) is 21. The monoisotopic (exact) mass is 1680 g/mol. The second kappa shape index (κ2) is 48.7. The molecule has 0 aromatic heterocycles. The van der Waals surface area contributed by atoms with Gasteiger partial charge >= 0.3 is 17.9 Å². The number of carboxylic acid groups (broad SMARTS) is 3. The maximum atomic E-state index is 14.8. The Balaban J connectivity index is 1.56. The number of carboxylic acids is 3. The summed E-state index contributed by atoms with van der Waals surface area (Å²) in [5.74, 6) is -21.4. The molecule has 14 atom stereocenters. The molecular formula is C75H118N20O24. The van der Waals surface area contributed by atoms with Gasteiger partial charge in [0.1, 0.15) is 84.3 Å². The van der Waals surface area contributed by atoms with Crippen LogP contribution in [0.5, 0.6) is 5.75 Å². The fourth-order valence-electron chi connectivity index (χ4n) is 13.7. The highest BCUT2D eigenvalue weighted by Crippen LogP contribution is 2.25. The molecule has 44 heteroatoms. The number of phenolic OH excluding ortho intramolecular Hbond substituents is 1. The SMILES string of the molecule is CC(C)C[C@H](NC(=O)[C@H](CCC(=O)O)NC(=O)[C@@H]1CCCN1C(=O)[C@H](CC(C)C)NC(=O)[C@H](CO)NC(=O)[C@@H]1CCCN1C(=O)[C@H](CCC(N)=O)NC(=O)[C@H](CCCN=C(N)N)NC(=O)[C@@H](N)CCC(=O)O)C(=O)N[C@@H](CCC(N)=O)C(=O)N[C@@H](CCC(N)=O)C(=O)N[C@@H](Cc1ccc(O)cc1)C(=O)N[C@H](C(=O)N1CCC[C@H]1C(=O)O)C(C)C. The van der Waals surface area contributed by atoms with Gasteiger partial charge in [0.05, 0.1) is 12.6 Å². The number of nitrogens with one attached hydrogen (secondary N) is 10. The van der Waals surface area contributed by atoms with Crippen molar-refractivity contribution < 1.29 is 117 Å². The summed E-state index contributed by atoms with van der Waals surface area (Å²) in [6.07, 6.45) is -5.08. The van der Waals surface area contributed by atoms with Crippen LogP contribution >= 0.6 is 0 Å². The number of likely N-dealkylation sites (tertiary alicyclic amines) is 3. The molecule has 4 rings (SSSR count). The zero-order valence-corrected chi connectivity index (χ0v) is 67.8. The molecule has 662 valence electrons. The number of carbonyl (C=O) groups is 19. The van der Waals surface area contributed by atoms with E-state index >= 15 is 0 Å². The van der Waals surface area contributed by atoms with E-state index in [4.69, 9.17) is 39.5 Å². The van der Waals surface area contributed by atoms with Crippen LogP contribution in [0.2, 0.25) is 0 Å². The van der Waals surface area contributed by atoms with Gasteiger partial charge in [-0.1, -0.05) is 53.7 Å². The molecule has 27 N–H and O–H groups in total. The quantitative estimate of drug-likeness (QED) is 0.0164. The highest BCUT2D eigenvalue weighted by Gasteiger charge is 2.45. The predicted octanol–water partition coefficient (Wildman–Crippen LogP) is -6.51. The molecule has 0 radical (unpaired) electrons. The summed E-state index contributed by atoms with van der Waals surface area (Å²) in [6, 6.07) is -15.9. The Kier molecular flexibility index (Phi) is 40.8. The molecule has 0 bridgehead atoms. The minimum atomic E-state index is -1.80. The normalized spacial score (nSPS) is 17.8. The van der Waals surface area contributed by atoms with Crippen molar-refractivity contribution in [3.8, 4) is 5.75 Å². The molecule has 0 spiro atoms. The molecule has 0 aliphatic carbocycles. The topological polar surface area (TPSA) is 724 Å². The number of rotatable bonds is 51. The summed E-state index contributed by atoms with van der Waals surface area (Å²) < 4.78 is 0. The number of aromatic hydroxyl groups is 1. The van der Waals surface area contributed by atoms with Gasteiger partial charge in [0.2, 0.25) is 94.5 Å². The predicted molar refractivity (Wildman–Crippen MR) is 421 cm³/mol. The lowest BCUT2D eigenvalue weighted by Crippen LogP contribution is -2.61. The first kappa shape index (κ1) is 99.5. The summed E-state index contributed by atoms with van der Waals surface area (Å²) in [4.78, 5) is 265. The zero-order valence-electron chi connectivity index (χ0n) is 67.8. The summed E-state index contributed by atoms with van der Waals surface area (Å²) in [5, 5.41) is 74.5. The third kappa shape index (κ3) is 33.2. The maximum absolute atomic E-state index is 14.8. The molecule has 3 aliphatic heterocycles. The first-order valence-corrected chi connectivity index (χ1v) is 39.6. The van der Waals surface area contributed by atoms with Crippen molar-refractivity contribution in [1.29, 1.82) is 0 Å². The average Bonchev–Trinajstić information content (AvgIpc) is 1.72. The number of hydrogen-bond acceptors (Lipinski definition) is 23. The molecular weight excluding hydrogens is 1560 g/mol. The van der Waals surface area contributed by atoms with E-state index in [0.717, 1.165) is 14.7 Å². The molecule has 44 nitrogen and oxygen atoms in total. The second-order valence-electron chi connectivity index (χ2n) is 30.9. The van der Waals surface area contributed by atoms with Crippen LogP contribution in [0.1, 0.15) is 176 Å². The van der Waals surface area contributed by atoms with E-state index in [1.807, 2.05) is 0 Å². The Hall–Kier alpha value is -11.9. The van der Waals surface area contributed by atoms with Crippen LogP contribution in [0, 0.1) is 17.8 Å². The molecule has 3 aliphatic rings. The first-order valence-electron chi connectivity index (χ1n) is 39.6. The lowest BCUT2D eigenvalue weighted by Gasteiger charge is -2.32. The van der Waals surface area contributed by atoms with Gasteiger partial charge < -0.3 is 128 Å². The van der Waals surface area contributed by atoms with E-state index in [-0.39, 0.29) is 114 Å². The Morgan fingerprint density at radius 3 is 1.24 bits per heavy atom. The van der Waals surface area contributed by atoms with Crippen LogP contribution in [0.15, 0.2) is 29.3 Å². The number of carbonyl (C=O) groups excluding carboxylic acids is 16. The standard InChI is InChI=1S/C75H118N20O24/c1-37(2)33-48(66(110)85-44(20-24-55(77)98)63(107)84-45(21-25-56(78)99)64(108)89-49(35-40-15-17-41(97)18-16-40)67(111)92-60(39(5)6)73(117)95-32-10-14-54(95)74(118)119)88-65(109)46(23-28-59(103)104)86-69(113)52-12-9-31-94(52)72(116)50(34-38(3)4)90-68(112)51(36-96)91-70(114)53-13-8-30-93(53)71(115)47(22-26-57(79)100)87-62(106)43(11-7-29-82-75(80)81)83-61(105)42(76)19-27-58(101)102/h15-18,37-39,42-54,60,96-97H,7-14,19-36,76H2,1-6H3,(H2,77,98)(H2,78,99)(H2,79,100)(H,83,105)(H,84,107)(H,85,110)(H,86,113)(H,87,106)(H,88,109)(H,89,108)(H,90,112)(H,91,114)(H,92,111)(H,101,102)(H,103,104)(H,118,119)(H4,80,81,82)/t42-,43-,44-,45-,46-,47-,48-,49-,50-,51-,52-,53-,54-,60-/m0/s1. The van der Waals surface area contributed by atoms with E-state index in [1.165, 1.54) is 24.3 Å². The lowest BCUT2D eigenvalue weighted by atomic mass is 9.99. The minimum absolute atomic E-state index is 0.0134. The molecule has 119 heavy (non-hydrogen) atoms. The average molecular weight is 1680 g/mol. The van der Waals surface area contributed by atoms with E-state index in [1.54, 1.807) is 41.5 Å². The van der Waals surface area contributed by atoms with Crippen LogP contribution < -0.4 is 87.6 Å². The number of aliphatic hydroxyl groups is 1. The Bertz CT molecular complexity index is 3820. The number of primary amides is 3. The number of benzene rings is 1. The second-order valence-corrected chi connectivity index (χ2v) is 30.9. The maximum Gasteiger partial charge on any atom is 0.326 e. The van der Waals surface area contributed by atoms with Gasteiger partial charge in [-0.15, -0.1) is 0 Å². The fourth-order valence-corrected chi connectivity index (χ4v) is 13.7. The van der Waals surface area contributed by atoms with E-state index in [9.17, 15) is 112 Å². The third-order valence-corrected chi connectivity index (χ3v) is 20.0. The number of aliphatic carboxylic acids is 3. The van der Waals surface area contributed by atoms with Gasteiger partial charge in [0, 0.05) is 64.7 Å². The lowest BCUT2D eigenvalue weighted by molar-refractivity contribution is -0.150. The number of guanidine groups is 1. The molecule has 0 unspecified atom stereocenters. The number of nitrogens with zero attached hydrogens (tertiary/aromatic N) is 4. The largest absolute Gasteiger partial charge is 0.508 e. The van der Waals surface area contributed by atoms with Gasteiger partial charge in [0.25, 0.3) is 0 Å². The van der Waals surface area contributed by atoms with Crippen molar-refractivity contribution in [2.45, 2.75) is 261 Å². The van der Waals surface area contributed by atoms with Crippen LogP contribution in [0.25, 0.3) is 0 Å². The summed E-state index contributed by atoms with van der Waals surface area (Å²) in [7, 11) is 0. The number of aliphatic imine (C=N–C) groups is 1. The molecule has 1 aromatic rings. The van der Waals surface area contributed by atoms with Gasteiger partial charge in [-0.3, -0.25) is 91.3 Å². The van der Waals surface area contributed by atoms with E-state index in [2.05, 4.69) is 58.2 Å². The van der Waals surface area contributed by atoms with Crippen molar-refractivity contribution in [3.63, 3.8) is 0 Å². The molecule has 3 fully saturated rings. The Morgan fingerprint density at radius 1 is 0.420 bits per heavy atom. The number of aliphatic hydroxyl groups excluding tert-OH is 1. The zero-order chi connectivity index (χ0) is 89.2. The van der Waals surface area contributed by atoms with Crippen LogP contribution in [-0.2, 0) is 97.5 Å². The molecule has 1 aromatic carbocycles. The summed E-state index contributed by atoms with van der Waals surface area (Å²) in [6.45, 7) is 8.67. The smallest absolute Gasteiger partial charge is 0.326 e. The first-order chi connectivity index (χ1) is 55.9. The molecule has 3 heterocycles. The van der Waals surface area contributed by atoms with Crippen LogP contribution in [-0.4, -0.2) is 276 Å². The fraction of sp³-hybridized carbons (Fsp3) is 0.653. The van der Waals surface area contributed by atoms with E-state index < -0.39 is 273 Å². The highest BCUT2D eigenvalue weighted by molar-refractivity contribution is 6.01. The molecule has 16 amide bonds. The number of nitrogens with two attached hydrogens (primary N) is 6. The summed E-state index contributed by atoms with van der Waals surface area (Å²) in [5.41, 5.74) is 33.6. The minimum Gasteiger partial charge on any atom is -0.508 e. The van der Waals surface area contributed by atoms with Gasteiger partial charge in [-0.2, -0.15) is 0 Å².